The molecule has 21 heavy (non-hydrogen) atoms. The van der Waals surface area contributed by atoms with Crippen molar-refractivity contribution in [2.24, 2.45) is 0 Å². The Balaban J connectivity index is 2.92. The Morgan fingerprint density at radius 2 is 1.95 bits per heavy atom. The monoisotopic (exact) mass is 334 g/mol. The molecule has 0 radical (unpaired) electrons. The third-order valence-corrected chi connectivity index (χ3v) is 4.07. The molecular formula is C14H19ClO5S. The first-order valence-electron chi connectivity index (χ1n) is 6.78. The van der Waals surface area contributed by atoms with E-state index in [0.717, 1.165) is 19.3 Å². The largest absolute Gasteiger partial charge is 0.492 e. The number of carbonyl (C=O) groups excluding carboxylic acids is 1. The molecule has 0 N–H and O–H groups in total. The minimum Gasteiger partial charge on any atom is -0.492 e. The molecule has 0 saturated carbocycles. The molecule has 0 aliphatic heterocycles. The summed E-state index contributed by atoms with van der Waals surface area (Å²) in [4.78, 5) is 11.6. The number of ether oxygens (including phenoxy) is 2. The van der Waals surface area contributed by atoms with Crippen LogP contribution in [-0.2, 0) is 13.8 Å². The van der Waals surface area contributed by atoms with Crippen LogP contribution in [-0.4, -0.2) is 27.6 Å². The number of benzene rings is 1. The summed E-state index contributed by atoms with van der Waals surface area (Å²) < 4.78 is 33.3. The van der Waals surface area contributed by atoms with Crippen LogP contribution in [0.25, 0.3) is 0 Å². The van der Waals surface area contributed by atoms with Gasteiger partial charge in [-0.25, -0.2) is 13.2 Å². The van der Waals surface area contributed by atoms with Crippen LogP contribution in [0, 0.1) is 0 Å². The predicted octanol–water partition coefficient (Wildman–Crippen LogP) is 3.36. The lowest BCUT2D eigenvalue weighted by molar-refractivity contribution is 0.0498. The van der Waals surface area contributed by atoms with E-state index in [-0.39, 0.29) is 16.2 Å². The number of carbonyl (C=O) groups is 1. The molecule has 1 rings (SSSR count). The molecular weight excluding hydrogens is 316 g/mol. The van der Waals surface area contributed by atoms with E-state index in [0.29, 0.717) is 13.2 Å². The van der Waals surface area contributed by atoms with Crippen LogP contribution in [0.4, 0.5) is 0 Å². The molecule has 0 unspecified atom stereocenters. The molecule has 0 aliphatic carbocycles. The number of hydrogen-bond acceptors (Lipinski definition) is 5. The predicted molar refractivity (Wildman–Crippen MR) is 80.5 cm³/mol. The van der Waals surface area contributed by atoms with Gasteiger partial charge >= 0.3 is 5.97 Å². The van der Waals surface area contributed by atoms with Gasteiger partial charge in [-0.15, -0.1) is 0 Å². The average molecular weight is 335 g/mol. The second kappa shape index (κ2) is 8.24. The second-order valence-corrected chi connectivity index (χ2v) is 6.91. The Labute approximate surface area is 129 Å². The van der Waals surface area contributed by atoms with Crippen LogP contribution >= 0.6 is 10.7 Å². The van der Waals surface area contributed by atoms with Gasteiger partial charge in [-0.3, -0.25) is 0 Å². The van der Waals surface area contributed by atoms with E-state index in [4.69, 9.17) is 20.2 Å². The first kappa shape index (κ1) is 17.8. The second-order valence-electron chi connectivity index (χ2n) is 4.38. The highest BCUT2D eigenvalue weighted by atomic mass is 35.7. The van der Waals surface area contributed by atoms with E-state index in [1.165, 1.54) is 18.2 Å². The molecule has 1 aromatic rings. The van der Waals surface area contributed by atoms with Gasteiger partial charge in [-0.1, -0.05) is 19.8 Å². The van der Waals surface area contributed by atoms with E-state index < -0.39 is 15.0 Å². The first-order valence-corrected chi connectivity index (χ1v) is 9.09. The summed E-state index contributed by atoms with van der Waals surface area (Å²) in [7, 11) is 1.36. The van der Waals surface area contributed by atoms with Crippen molar-refractivity contribution in [3.8, 4) is 5.75 Å². The third-order valence-electron chi connectivity index (χ3n) is 2.72. The molecule has 7 heteroatoms. The fraction of sp³-hybridized carbons (Fsp3) is 0.500. The first-order chi connectivity index (χ1) is 9.90. The fourth-order valence-corrected chi connectivity index (χ4v) is 2.70. The van der Waals surface area contributed by atoms with Crippen molar-refractivity contribution in [2.45, 2.75) is 38.0 Å². The lowest BCUT2D eigenvalue weighted by atomic mass is 10.2. The Kier molecular flexibility index (Phi) is 6.98. The van der Waals surface area contributed by atoms with Crippen molar-refractivity contribution in [3.63, 3.8) is 0 Å². The van der Waals surface area contributed by atoms with E-state index >= 15 is 0 Å². The van der Waals surface area contributed by atoms with Gasteiger partial charge in [0.2, 0.25) is 0 Å². The van der Waals surface area contributed by atoms with Crippen LogP contribution < -0.4 is 4.74 Å². The van der Waals surface area contributed by atoms with Crippen molar-refractivity contribution in [1.82, 2.24) is 0 Å². The zero-order valence-electron chi connectivity index (χ0n) is 12.1. The molecule has 0 amide bonds. The lowest BCUT2D eigenvalue weighted by Gasteiger charge is -2.10. The van der Waals surface area contributed by atoms with E-state index in [9.17, 15) is 13.2 Å². The van der Waals surface area contributed by atoms with Gasteiger partial charge < -0.3 is 9.47 Å². The van der Waals surface area contributed by atoms with Gasteiger partial charge in [-0.05, 0) is 31.5 Å². The van der Waals surface area contributed by atoms with Crippen molar-refractivity contribution in [3.05, 3.63) is 23.8 Å². The zero-order chi connectivity index (χ0) is 15.9. The van der Waals surface area contributed by atoms with Crippen LogP contribution in [0.3, 0.4) is 0 Å². The molecule has 0 aromatic heterocycles. The minimum atomic E-state index is -4.00. The summed E-state index contributed by atoms with van der Waals surface area (Å²) >= 11 is 0. The molecule has 0 heterocycles. The Bertz CT molecular complexity index is 583. The van der Waals surface area contributed by atoms with Crippen LogP contribution in [0.5, 0.6) is 5.75 Å². The summed E-state index contributed by atoms with van der Waals surface area (Å²) in [5, 5.41) is 0. The fourth-order valence-electron chi connectivity index (χ4n) is 1.70. The summed E-state index contributed by atoms with van der Waals surface area (Å²) in [5.41, 5.74) is 0.133. The maximum Gasteiger partial charge on any atom is 0.338 e. The summed E-state index contributed by atoms with van der Waals surface area (Å²) in [6, 6.07) is 4.04. The zero-order valence-corrected chi connectivity index (χ0v) is 13.7. The quantitative estimate of drug-likeness (QED) is 0.414. The molecule has 5 nitrogen and oxygen atoms in total. The van der Waals surface area contributed by atoms with E-state index in [1.54, 1.807) is 6.92 Å². The highest BCUT2D eigenvalue weighted by molar-refractivity contribution is 8.13. The Morgan fingerprint density at radius 1 is 1.24 bits per heavy atom. The molecule has 1 aromatic carbocycles. The SMILES string of the molecule is CCCCCOC(=O)c1ccc(OCC)c(S(=O)(=O)Cl)c1. The molecule has 0 saturated heterocycles. The molecule has 0 aliphatic rings. The third kappa shape index (κ3) is 5.55. The highest BCUT2D eigenvalue weighted by Crippen LogP contribution is 2.28. The molecule has 0 fully saturated rings. The van der Waals surface area contributed by atoms with Gasteiger partial charge in [0.1, 0.15) is 10.6 Å². The normalized spacial score (nSPS) is 11.2. The van der Waals surface area contributed by atoms with Crippen LogP contribution in [0.1, 0.15) is 43.5 Å². The van der Waals surface area contributed by atoms with Crippen LogP contribution in [0.2, 0.25) is 0 Å². The molecule has 0 atom stereocenters. The number of rotatable bonds is 8. The standard InChI is InChI=1S/C14H19ClO5S/c1-3-5-6-9-20-14(16)11-7-8-12(19-4-2)13(10-11)21(15,17)18/h7-8,10H,3-6,9H2,1-2H3. The highest BCUT2D eigenvalue weighted by Gasteiger charge is 2.20. The van der Waals surface area contributed by atoms with E-state index in [2.05, 4.69) is 0 Å². The molecule has 118 valence electrons. The number of halogens is 1. The van der Waals surface area contributed by atoms with Gasteiger partial charge in [0, 0.05) is 10.7 Å². The number of unbranched alkanes of at least 4 members (excludes halogenated alkanes) is 2. The lowest BCUT2D eigenvalue weighted by Crippen LogP contribution is -2.08. The average Bonchev–Trinajstić information content (AvgIpc) is 2.43. The van der Waals surface area contributed by atoms with Crippen molar-refractivity contribution >= 4 is 25.7 Å². The van der Waals surface area contributed by atoms with Crippen molar-refractivity contribution in [1.29, 1.82) is 0 Å². The van der Waals surface area contributed by atoms with Gasteiger partial charge in [0.25, 0.3) is 9.05 Å². The van der Waals surface area contributed by atoms with Gasteiger partial charge in [-0.2, -0.15) is 0 Å². The van der Waals surface area contributed by atoms with Gasteiger partial charge in [0.05, 0.1) is 18.8 Å². The topological polar surface area (TPSA) is 69.7 Å². The van der Waals surface area contributed by atoms with Crippen molar-refractivity contribution < 1.29 is 22.7 Å². The Morgan fingerprint density at radius 3 is 2.52 bits per heavy atom. The molecule has 0 spiro atoms. The number of esters is 1. The smallest absolute Gasteiger partial charge is 0.338 e. The van der Waals surface area contributed by atoms with Crippen LogP contribution in [0.15, 0.2) is 23.1 Å². The maximum absolute atomic E-state index is 11.9. The summed E-state index contributed by atoms with van der Waals surface area (Å²) in [6.45, 7) is 4.37. The minimum absolute atomic E-state index is 0.120. The van der Waals surface area contributed by atoms with E-state index in [1.807, 2.05) is 6.92 Å². The molecule has 0 bridgehead atoms. The summed E-state index contributed by atoms with van der Waals surface area (Å²) in [6.07, 6.45) is 2.77. The Hall–Kier alpha value is -1.27. The maximum atomic E-state index is 11.9. The number of hydrogen-bond donors (Lipinski definition) is 0. The van der Waals surface area contributed by atoms with Crippen molar-refractivity contribution in [2.75, 3.05) is 13.2 Å². The summed E-state index contributed by atoms with van der Waals surface area (Å²) in [5.74, 6) is -0.453. The van der Waals surface area contributed by atoms with Gasteiger partial charge in [0.15, 0.2) is 0 Å².